The largest absolute Gasteiger partial charge is 0.400 e. The lowest BCUT2D eigenvalue weighted by Crippen LogP contribution is -1.77. The van der Waals surface area contributed by atoms with Crippen molar-refractivity contribution in [2.24, 2.45) is 5.92 Å². The van der Waals surface area contributed by atoms with Crippen LogP contribution < -0.4 is 0 Å². The first kappa shape index (κ1) is 17.1. The van der Waals surface area contributed by atoms with Gasteiger partial charge in [0, 0.05) is 24.9 Å². The topological polar surface area (TPSA) is 63.1 Å². The summed E-state index contributed by atoms with van der Waals surface area (Å²) in [7, 11) is 1.00. The van der Waals surface area contributed by atoms with E-state index in [1.807, 2.05) is 26.8 Å². The predicted octanol–water partition coefficient (Wildman–Crippen LogP) is 2.02. The Kier molecular flexibility index (Phi) is 14.7. The van der Waals surface area contributed by atoms with Crippen molar-refractivity contribution in [3.63, 3.8) is 0 Å². The molecular weight excluding hydrogens is 204 g/mol. The fourth-order valence-corrected chi connectivity index (χ4v) is 0.589. The van der Waals surface area contributed by atoms with Gasteiger partial charge in [-0.1, -0.05) is 13.8 Å². The summed E-state index contributed by atoms with van der Waals surface area (Å²) in [6.07, 6.45) is 6.57. The molecule has 1 heterocycles. The van der Waals surface area contributed by atoms with Crippen LogP contribution in [0.25, 0.3) is 0 Å². The maximum absolute atomic E-state index is 9.57. The molecule has 4 heteroatoms. The summed E-state index contributed by atoms with van der Waals surface area (Å²) in [5.41, 5.74) is 1.01. The van der Waals surface area contributed by atoms with Gasteiger partial charge in [0.05, 0.1) is 0 Å². The summed E-state index contributed by atoms with van der Waals surface area (Å²) in [5, 5.41) is 7.00. The minimum absolute atomic E-state index is 0.454. The van der Waals surface area contributed by atoms with E-state index in [2.05, 4.69) is 9.97 Å². The van der Waals surface area contributed by atoms with Crippen molar-refractivity contribution >= 4 is 6.29 Å². The third-order valence-corrected chi connectivity index (χ3v) is 1.54. The Morgan fingerprint density at radius 2 is 1.94 bits per heavy atom. The second kappa shape index (κ2) is 13.7. The van der Waals surface area contributed by atoms with Crippen LogP contribution in [-0.2, 0) is 4.79 Å². The van der Waals surface area contributed by atoms with E-state index in [4.69, 9.17) is 5.11 Å². The molecule has 1 fully saturated rings. The molecule has 16 heavy (non-hydrogen) atoms. The zero-order chi connectivity index (χ0) is 12.8. The molecule has 0 bridgehead atoms. The second-order valence-corrected chi connectivity index (χ2v) is 2.82. The van der Waals surface area contributed by atoms with Gasteiger partial charge in [-0.15, -0.1) is 0 Å². The number of rotatable bonds is 1. The zero-order valence-electron chi connectivity index (χ0n) is 10.6. The fraction of sp³-hybridized carbons (Fsp3) is 0.583. The molecule has 2 rings (SSSR count). The van der Waals surface area contributed by atoms with Crippen LogP contribution in [0.15, 0.2) is 18.6 Å². The lowest BCUT2D eigenvalue weighted by molar-refractivity contribution is -0.108. The standard InChI is InChI=1S/C5H6N2.C4H6O.C2H6.CH4O/c1-5-2-3-6-4-7-5;5-3-4-1-2-4;2*1-2/h2-4H,1H3;3-4H,1-2H2;1-2H3;2H,1H3. The fourth-order valence-electron chi connectivity index (χ4n) is 0.589. The summed E-state index contributed by atoms with van der Waals surface area (Å²) >= 11 is 0. The van der Waals surface area contributed by atoms with Gasteiger partial charge in [0.25, 0.3) is 0 Å². The van der Waals surface area contributed by atoms with E-state index in [0.717, 1.165) is 31.9 Å². The first-order valence-corrected chi connectivity index (χ1v) is 5.45. The summed E-state index contributed by atoms with van der Waals surface area (Å²) < 4.78 is 0. The molecule has 0 amide bonds. The number of hydrogen-bond donors (Lipinski definition) is 1. The quantitative estimate of drug-likeness (QED) is 0.744. The average Bonchev–Trinajstić information content (AvgIpc) is 3.20. The number of hydrogen-bond acceptors (Lipinski definition) is 4. The van der Waals surface area contributed by atoms with Gasteiger partial charge in [-0.3, -0.25) is 0 Å². The molecule has 0 spiro atoms. The predicted molar refractivity (Wildman–Crippen MR) is 65.0 cm³/mol. The molecule has 0 saturated heterocycles. The first-order valence-electron chi connectivity index (χ1n) is 5.45. The first-order chi connectivity index (χ1) is 7.83. The van der Waals surface area contributed by atoms with Gasteiger partial charge in [0.15, 0.2) is 0 Å². The molecule has 0 atom stereocenters. The van der Waals surface area contributed by atoms with Gasteiger partial charge in [-0.2, -0.15) is 0 Å². The van der Waals surface area contributed by atoms with E-state index < -0.39 is 0 Å². The number of aryl methyl sites for hydroxylation is 1. The molecule has 1 aromatic rings. The van der Waals surface area contributed by atoms with Gasteiger partial charge in [-0.05, 0) is 25.8 Å². The number of aromatic nitrogens is 2. The SMILES string of the molecule is CC.CO.Cc1ccncn1.O=CC1CC1. The summed E-state index contributed by atoms with van der Waals surface area (Å²) in [4.78, 5) is 17.2. The maximum atomic E-state index is 9.57. The van der Waals surface area contributed by atoms with Crippen molar-refractivity contribution in [1.82, 2.24) is 9.97 Å². The lowest BCUT2D eigenvalue weighted by Gasteiger charge is -1.81. The summed E-state index contributed by atoms with van der Waals surface area (Å²) in [5.74, 6) is 0.454. The molecule has 1 aromatic heterocycles. The van der Waals surface area contributed by atoms with Crippen molar-refractivity contribution in [3.05, 3.63) is 24.3 Å². The monoisotopic (exact) mass is 226 g/mol. The Labute approximate surface area is 97.8 Å². The minimum atomic E-state index is 0.454. The van der Waals surface area contributed by atoms with E-state index in [1.165, 1.54) is 6.33 Å². The van der Waals surface area contributed by atoms with Crippen LogP contribution in [0.5, 0.6) is 0 Å². The molecule has 92 valence electrons. The lowest BCUT2D eigenvalue weighted by atomic mass is 10.5. The highest BCUT2D eigenvalue weighted by Gasteiger charge is 2.18. The van der Waals surface area contributed by atoms with Gasteiger partial charge < -0.3 is 9.90 Å². The van der Waals surface area contributed by atoms with E-state index in [1.54, 1.807) is 6.20 Å². The van der Waals surface area contributed by atoms with Gasteiger partial charge in [0.2, 0.25) is 0 Å². The molecule has 1 saturated carbocycles. The van der Waals surface area contributed by atoms with Crippen molar-refractivity contribution in [1.29, 1.82) is 0 Å². The van der Waals surface area contributed by atoms with Crippen LogP contribution in [0, 0.1) is 12.8 Å². The average molecular weight is 226 g/mol. The highest BCUT2D eigenvalue weighted by Crippen LogP contribution is 2.25. The Bertz CT molecular complexity index is 236. The zero-order valence-corrected chi connectivity index (χ0v) is 10.6. The number of aliphatic hydroxyl groups is 1. The summed E-state index contributed by atoms with van der Waals surface area (Å²) in [6.45, 7) is 5.93. The number of aldehydes is 1. The highest BCUT2D eigenvalue weighted by atomic mass is 16.2. The number of carbonyl (C=O) groups excluding carboxylic acids is 1. The third kappa shape index (κ3) is 12.7. The highest BCUT2D eigenvalue weighted by molar-refractivity contribution is 5.56. The van der Waals surface area contributed by atoms with Crippen LogP contribution in [0.3, 0.4) is 0 Å². The Morgan fingerprint density at radius 3 is 2.06 bits per heavy atom. The number of aliphatic hydroxyl groups excluding tert-OH is 1. The van der Waals surface area contributed by atoms with Gasteiger partial charge in [0.1, 0.15) is 12.6 Å². The van der Waals surface area contributed by atoms with E-state index in [-0.39, 0.29) is 0 Å². The van der Waals surface area contributed by atoms with Crippen molar-refractivity contribution in [2.75, 3.05) is 7.11 Å². The van der Waals surface area contributed by atoms with Crippen molar-refractivity contribution in [3.8, 4) is 0 Å². The number of carbonyl (C=O) groups is 1. The van der Waals surface area contributed by atoms with Gasteiger partial charge >= 0.3 is 0 Å². The normalized spacial score (nSPS) is 11.6. The molecular formula is C12H22N2O2. The van der Waals surface area contributed by atoms with Crippen LogP contribution in [-0.4, -0.2) is 28.5 Å². The number of nitrogens with zero attached hydrogens (tertiary/aromatic N) is 2. The third-order valence-electron chi connectivity index (χ3n) is 1.54. The van der Waals surface area contributed by atoms with E-state index >= 15 is 0 Å². The second-order valence-electron chi connectivity index (χ2n) is 2.82. The van der Waals surface area contributed by atoms with Crippen LogP contribution in [0.4, 0.5) is 0 Å². The Hall–Kier alpha value is -1.29. The van der Waals surface area contributed by atoms with Crippen molar-refractivity contribution < 1.29 is 9.90 Å². The van der Waals surface area contributed by atoms with E-state index in [9.17, 15) is 4.79 Å². The molecule has 0 aliphatic heterocycles. The molecule has 1 N–H and O–H groups in total. The molecule has 0 unspecified atom stereocenters. The van der Waals surface area contributed by atoms with E-state index in [0.29, 0.717) is 5.92 Å². The Morgan fingerprint density at radius 1 is 1.38 bits per heavy atom. The van der Waals surface area contributed by atoms with Gasteiger partial charge in [-0.25, -0.2) is 9.97 Å². The van der Waals surface area contributed by atoms with Crippen LogP contribution in [0.2, 0.25) is 0 Å². The molecule has 1 aliphatic carbocycles. The molecule has 0 aromatic carbocycles. The molecule has 1 aliphatic rings. The van der Waals surface area contributed by atoms with Crippen molar-refractivity contribution in [2.45, 2.75) is 33.6 Å². The molecule has 4 nitrogen and oxygen atoms in total. The molecule has 0 radical (unpaired) electrons. The van der Waals surface area contributed by atoms with Crippen LogP contribution in [0.1, 0.15) is 32.4 Å². The smallest absolute Gasteiger partial charge is 0.123 e. The minimum Gasteiger partial charge on any atom is -0.400 e. The van der Waals surface area contributed by atoms with Crippen LogP contribution >= 0.6 is 0 Å². The Balaban J connectivity index is 0. The summed E-state index contributed by atoms with van der Waals surface area (Å²) in [6, 6.07) is 1.86. The maximum Gasteiger partial charge on any atom is 0.123 e.